The number of rotatable bonds is 7. The van der Waals surface area contributed by atoms with E-state index in [4.69, 9.17) is 33.3 Å². The van der Waals surface area contributed by atoms with Gasteiger partial charge in [0.05, 0.1) is 5.56 Å². The zero-order chi connectivity index (χ0) is 23.8. The molecule has 1 amide bonds. The molecule has 0 aliphatic rings. The van der Waals surface area contributed by atoms with E-state index in [1.54, 1.807) is 36.4 Å². The van der Waals surface area contributed by atoms with Gasteiger partial charge in [-0.25, -0.2) is 4.79 Å². The van der Waals surface area contributed by atoms with Gasteiger partial charge in [0, 0.05) is 23.2 Å². The Kier molecular flexibility index (Phi) is 16.8. The van der Waals surface area contributed by atoms with Crippen LogP contribution in [0.1, 0.15) is 40.5 Å². The standard InChI is InChI=1S/C9H9NO2.C7H5ClO2.C5H12N2O2.H3N/c1-7(12)10-9-4-2-8(6-11)3-5-9;8-6-3-1-5(2-4-6)7(9)10;6-3-1-2-4(7)5(8)9;/h2-6H,1H3,(H,10,12);1-4H,(H,9,10);4H,1-3,6-7H2,(H,8,9);1H3/t;;4-;/m..0./s1. The van der Waals surface area contributed by atoms with Gasteiger partial charge in [0.2, 0.25) is 5.91 Å². The lowest BCUT2D eigenvalue weighted by Crippen LogP contribution is -2.30. The first-order valence-corrected chi connectivity index (χ1v) is 9.48. The van der Waals surface area contributed by atoms with Crippen LogP contribution >= 0.6 is 11.6 Å². The highest BCUT2D eigenvalue weighted by molar-refractivity contribution is 6.30. The molecular formula is C21H29ClN4O6. The number of anilines is 1. The van der Waals surface area contributed by atoms with Crippen LogP contribution in [0.4, 0.5) is 5.69 Å². The lowest BCUT2D eigenvalue weighted by atomic mass is 10.2. The Morgan fingerprint density at radius 2 is 1.59 bits per heavy atom. The number of benzene rings is 2. The zero-order valence-corrected chi connectivity index (χ0v) is 18.4. The van der Waals surface area contributed by atoms with Crippen molar-refractivity contribution in [3.8, 4) is 0 Å². The summed E-state index contributed by atoms with van der Waals surface area (Å²) in [5, 5.41) is 19.8. The maximum absolute atomic E-state index is 10.6. The number of hydrogen-bond acceptors (Lipinski definition) is 7. The number of halogens is 1. The maximum atomic E-state index is 10.6. The van der Waals surface area contributed by atoms with E-state index in [0.29, 0.717) is 35.7 Å². The summed E-state index contributed by atoms with van der Waals surface area (Å²) >= 11 is 5.52. The smallest absolute Gasteiger partial charge is 0.335 e. The summed E-state index contributed by atoms with van der Waals surface area (Å²) in [4.78, 5) is 41.1. The van der Waals surface area contributed by atoms with E-state index in [-0.39, 0.29) is 17.6 Å². The molecular weight excluding hydrogens is 440 g/mol. The van der Waals surface area contributed by atoms with Crippen LogP contribution in [0.2, 0.25) is 5.02 Å². The van der Waals surface area contributed by atoms with Crippen molar-refractivity contribution in [3.05, 3.63) is 64.7 Å². The van der Waals surface area contributed by atoms with Gasteiger partial charge in [-0.05, 0) is 67.9 Å². The predicted octanol–water partition coefficient (Wildman–Crippen LogP) is 2.79. The summed E-state index contributed by atoms with van der Waals surface area (Å²) in [7, 11) is 0. The lowest BCUT2D eigenvalue weighted by Gasteiger charge is -2.02. The Labute approximate surface area is 191 Å². The number of nitrogens with two attached hydrogens (primary N) is 2. The fraction of sp³-hybridized carbons (Fsp3) is 0.238. The first-order valence-electron chi connectivity index (χ1n) is 9.10. The first kappa shape index (κ1) is 30.9. The minimum absolute atomic E-state index is 0. The molecule has 1 atom stereocenters. The van der Waals surface area contributed by atoms with Crippen LogP contribution in [-0.2, 0) is 9.59 Å². The molecule has 0 saturated carbocycles. The topological polar surface area (TPSA) is 208 Å². The van der Waals surface area contributed by atoms with Gasteiger partial charge in [0.1, 0.15) is 12.3 Å². The highest BCUT2D eigenvalue weighted by atomic mass is 35.5. The molecule has 11 heteroatoms. The maximum Gasteiger partial charge on any atom is 0.335 e. The van der Waals surface area contributed by atoms with E-state index in [0.717, 1.165) is 6.29 Å². The normalized spacial score (nSPS) is 10.0. The lowest BCUT2D eigenvalue weighted by molar-refractivity contribution is -0.138. The average molecular weight is 469 g/mol. The summed E-state index contributed by atoms with van der Waals surface area (Å²) < 4.78 is 0. The van der Waals surface area contributed by atoms with Crippen molar-refractivity contribution in [2.24, 2.45) is 11.5 Å². The third-order valence-corrected chi connectivity index (χ3v) is 3.75. The van der Waals surface area contributed by atoms with Crippen molar-refractivity contribution in [3.63, 3.8) is 0 Å². The number of carboxylic acid groups (broad SMARTS) is 2. The fourth-order valence-electron chi connectivity index (χ4n) is 1.90. The number of nitrogens with one attached hydrogen (secondary N) is 1. The molecule has 0 aromatic heterocycles. The number of hydrogen-bond donors (Lipinski definition) is 6. The summed E-state index contributed by atoms with van der Waals surface area (Å²) in [5.74, 6) is -2.01. The van der Waals surface area contributed by atoms with Crippen LogP contribution < -0.4 is 22.9 Å². The minimum Gasteiger partial charge on any atom is -0.480 e. The molecule has 0 radical (unpaired) electrons. The molecule has 10 nitrogen and oxygen atoms in total. The summed E-state index contributed by atoms with van der Waals surface area (Å²) in [6.45, 7) is 1.94. The molecule has 0 spiro atoms. The average Bonchev–Trinajstić information content (AvgIpc) is 2.73. The van der Waals surface area contributed by atoms with Crippen LogP contribution in [0.25, 0.3) is 0 Å². The SMILES string of the molecule is CC(=O)Nc1ccc(C=O)cc1.N.NCCC[C@H](N)C(=O)O.O=C(O)c1ccc(Cl)cc1. The van der Waals surface area contributed by atoms with E-state index in [1.807, 2.05) is 0 Å². The Morgan fingerprint density at radius 3 is 1.97 bits per heavy atom. The Bertz CT molecular complexity index is 844. The molecule has 2 aromatic rings. The number of carbonyl (C=O) groups excluding carboxylic acids is 2. The van der Waals surface area contributed by atoms with Crippen molar-refractivity contribution in [2.75, 3.05) is 11.9 Å². The second kappa shape index (κ2) is 17.4. The summed E-state index contributed by atoms with van der Waals surface area (Å²) in [6.07, 6.45) is 1.90. The van der Waals surface area contributed by atoms with E-state index in [2.05, 4.69) is 5.32 Å². The second-order valence-electron chi connectivity index (χ2n) is 6.11. The predicted molar refractivity (Wildman–Crippen MR) is 123 cm³/mol. The monoisotopic (exact) mass is 468 g/mol. The molecule has 10 N–H and O–H groups in total. The van der Waals surface area contributed by atoms with Crippen LogP contribution in [0.5, 0.6) is 0 Å². The van der Waals surface area contributed by atoms with Gasteiger partial charge < -0.3 is 33.1 Å². The quantitative estimate of drug-likeness (QED) is 0.329. The van der Waals surface area contributed by atoms with Crippen molar-refractivity contribution in [1.82, 2.24) is 6.15 Å². The van der Waals surface area contributed by atoms with Crippen molar-refractivity contribution >= 4 is 41.4 Å². The number of aromatic carboxylic acids is 1. The van der Waals surface area contributed by atoms with E-state index in [1.165, 1.54) is 19.1 Å². The van der Waals surface area contributed by atoms with Gasteiger partial charge in [-0.15, -0.1) is 0 Å². The third-order valence-electron chi connectivity index (χ3n) is 3.49. The van der Waals surface area contributed by atoms with Crippen LogP contribution in [0.3, 0.4) is 0 Å². The number of carboxylic acids is 2. The van der Waals surface area contributed by atoms with Gasteiger partial charge in [-0.3, -0.25) is 14.4 Å². The van der Waals surface area contributed by atoms with Gasteiger partial charge in [0.15, 0.2) is 0 Å². The molecule has 0 saturated heterocycles. The van der Waals surface area contributed by atoms with E-state index >= 15 is 0 Å². The van der Waals surface area contributed by atoms with Crippen LogP contribution in [-0.4, -0.2) is 46.9 Å². The molecule has 0 aliphatic carbocycles. The highest BCUT2D eigenvalue weighted by Crippen LogP contribution is 2.09. The summed E-state index contributed by atoms with van der Waals surface area (Å²) in [5.41, 5.74) is 11.8. The fourth-order valence-corrected chi connectivity index (χ4v) is 2.03. The van der Waals surface area contributed by atoms with Gasteiger partial charge in [0.25, 0.3) is 0 Å². The minimum atomic E-state index is -0.955. The second-order valence-corrected chi connectivity index (χ2v) is 6.55. The molecule has 0 bridgehead atoms. The third kappa shape index (κ3) is 14.6. The number of amides is 1. The Morgan fingerprint density at radius 1 is 1.06 bits per heavy atom. The molecule has 0 unspecified atom stereocenters. The molecule has 0 aliphatic heterocycles. The molecule has 2 aromatic carbocycles. The van der Waals surface area contributed by atoms with Gasteiger partial charge in [-0.2, -0.15) is 0 Å². The van der Waals surface area contributed by atoms with Crippen molar-refractivity contribution in [2.45, 2.75) is 25.8 Å². The Hall–Kier alpha value is -3.31. The highest BCUT2D eigenvalue weighted by Gasteiger charge is 2.08. The number of carbonyl (C=O) groups is 4. The number of aldehydes is 1. The first-order chi connectivity index (χ1) is 14.6. The van der Waals surface area contributed by atoms with Crippen LogP contribution in [0, 0.1) is 0 Å². The molecule has 2 rings (SSSR count). The van der Waals surface area contributed by atoms with E-state index < -0.39 is 18.0 Å². The molecule has 176 valence electrons. The van der Waals surface area contributed by atoms with Gasteiger partial charge in [-0.1, -0.05) is 11.6 Å². The summed E-state index contributed by atoms with van der Waals surface area (Å²) in [6, 6.07) is 12.0. The van der Waals surface area contributed by atoms with Gasteiger partial charge >= 0.3 is 11.9 Å². The van der Waals surface area contributed by atoms with E-state index in [9.17, 15) is 19.2 Å². The molecule has 0 fully saturated rings. The van der Waals surface area contributed by atoms with Crippen molar-refractivity contribution in [1.29, 1.82) is 0 Å². The number of aliphatic carboxylic acids is 1. The zero-order valence-electron chi connectivity index (χ0n) is 17.7. The molecule has 0 heterocycles. The van der Waals surface area contributed by atoms with Crippen LogP contribution in [0.15, 0.2) is 48.5 Å². The molecule has 32 heavy (non-hydrogen) atoms. The largest absolute Gasteiger partial charge is 0.480 e. The Balaban J connectivity index is 0. The van der Waals surface area contributed by atoms with Crippen molar-refractivity contribution < 1.29 is 29.4 Å².